The van der Waals surface area contributed by atoms with Crippen molar-refractivity contribution in [3.63, 3.8) is 0 Å². The molecule has 0 bridgehead atoms. The van der Waals surface area contributed by atoms with Crippen LogP contribution < -0.4 is 5.32 Å². The molecule has 0 saturated carbocycles. The lowest BCUT2D eigenvalue weighted by Gasteiger charge is -2.26. The molecule has 0 radical (unpaired) electrons. The number of carbonyl (C=O) groups is 1. The maximum Gasteiger partial charge on any atom is 0.338 e. The Morgan fingerprint density at radius 2 is 1.85 bits per heavy atom. The van der Waals surface area contributed by atoms with Crippen LogP contribution in [0.15, 0.2) is 36.4 Å². The highest BCUT2D eigenvalue weighted by atomic mass is 16.5. The van der Waals surface area contributed by atoms with E-state index in [9.17, 15) is 4.79 Å². The smallest absolute Gasteiger partial charge is 0.338 e. The van der Waals surface area contributed by atoms with Crippen molar-refractivity contribution < 1.29 is 14.3 Å². The number of hydrogen-bond acceptors (Lipinski definition) is 5. The summed E-state index contributed by atoms with van der Waals surface area (Å²) in [6, 6.07) is 12.6. The van der Waals surface area contributed by atoms with Gasteiger partial charge in [0.25, 0.3) is 0 Å². The number of morpholine rings is 1. The second-order valence-corrected chi connectivity index (χ2v) is 6.80. The summed E-state index contributed by atoms with van der Waals surface area (Å²) in [6.07, 6.45) is 0. The minimum Gasteiger partial charge on any atom is -0.465 e. The summed E-state index contributed by atoms with van der Waals surface area (Å²) in [6.45, 7) is 9.30. The predicted molar refractivity (Wildman–Crippen MR) is 108 cm³/mol. The molecule has 0 spiro atoms. The third-order valence-corrected chi connectivity index (χ3v) is 4.98. The van der Waals surface area contributed by atoms with E-state index in [1.807, 2.05) is 19.9 Å². The molecule has 3 rings (SSSR count). The number of esters is 1. The zero-order valence-corrected chi connectivity index (χ0v) is 16.4. The minimum atomic E-state index is -0.308. The number of benzene rings is 2. The summed E-state index contributed by atoms with van der Waals surface area (Å²) in [5.74, 6) is -0.308. The van der Waals surface area contributed by atoms with E-state index in [1.54, 1.807) is 0 Å². The van der Waals surface area contributed by atoms with E-state index < -0.39 is 0 Å². The first-order chi connectivity index (χ1) is 13.1. The van der Waals surface area contributed by atoms with E-state index in [2.05, 4.69) is 40.5 Å². The molecule has 2 aromatic rings. The lowest BCUT2D eigenvalue weighted by atomic mass is 9.97. The van der Waals surface area contributed by atoms with Crippen LogP contribution in [0.5, 0.6) is 0 Å². The molecule has 1 fully saturated rings. The highest BCUT2D eigenvalue weighted by Crippen LogP contribution is 2.29. The molecule has 1 aliphatic heterocycles. The molecule has 5 nitrogen and oxygen atoms in total. The van der Waals surface area contributed by atoms with Gasteiger partial charge in [-0.3, -0.25) is 4.90 Å². The first kappa shape index (κ1) is 19.4. The Balaban J connectivity index is 1.86. The van der Waals surface area contributed by atoms with Crippen LogP contribution in [0.1, 0.15) is 28.4 Å². The average molecular weight is 368 g/mol. The Bertz CT molecular complexity index is 781. The molecule has 0 atom stereocenters. The molecule has 2 aromatic carbocycles. The fourth-order valence-electron chi connectivity index (χ4n) is 3.40. The molecular formula is C22H28N2O3. The van der Waals surface area contributed by atoms with Gasteiger partial charge in [0.2, 0.25) is 0 Å². The Morgan fingerprint density at radius 1 is 1.15 bits per heavy atom. The number of anilines is 1. The van der Waals surface area contributed by atoms with Gasteiger partial charge in [-0.2, -0.15) is 0 Å². The zero-order chi connectivity index (χ0) is 19.2. The number of methoxy groups -OCH3 is 1. The van der Waals surface area contributed by atoms with E-state index >= 15 is 0 Å². The highest BCUT2D eigenvalue weighted by Gasteiger charge is 2.15. The zero-order valence-electron chi connectivity index (χ0n) is 16.4. The van der Waals surface area contributed by atoms with Crippen LogP contribution in [-0.2, 0) is 16.0 Å². The molecule has 27 heavy (non-hydrogen) atoms. The van der Waals surface area contributed by atoms with E-state index in [4.69, 9.17) is 9.47 Å². The molecule has 5 heteroatoms. The molecule has 1 heterocycles. The van der Waals surface area contributed by atoms with Gasteiger partial charge in [0.1, 0.15) is 0 Å². The van der Waals surface area contributed by atoms with Gasteiger partial charge in [0.15, 0.2) is 0 Å². The third kappa shape index (κ3) is 4.67. The number of ether oxygens (including phenoxy) is 2. The van der Waals surface area contributed by atoms with E-state index in [-0.39, 0.29) is 5.97 Å². The van der Waals surface area contributed by atoms with Crippen molar-refractivity contribution >= 4 is 11.7 Å². The van der Waals surface area contributed by atoms with E-state index in [0.717, 1.165) is 61.8 Å². The lowest BCUT2D eigenvalue weighted by Crippen LogP contribution is -2.35. The summed E-state index contributed by atoms with van der Waals surface area (Å²) < 4.78 is 10.4. The van der Waals surface area contributed by atoms with E-state index in [0.29, 0.717) is 5.56 Å². The number of nitrogens with zero attached hydrogens (tertiary/aromatic N) is 1. The van der Waals surface area contributed by atoms with Crippen LogP contribution in [0.25, 0.3) is 11.1 Å². The number of nitrogens with one attached hydrogen (secondary N) is 1. The normalized spacial score (nSPS) is 14.8. The molecule has 144 valence electrons. The second-order valence-electron chi connectivity index (χ2n) is 6.80. The molecule has 0 unspecified atom stereocenters. The largest absolute Gasteiger partial charge is 0.465 e. The van der Waals surface area contributed by atoms with Crippen LogP contribution in [0, 0.1) is 6.92 Å². The summed E-state index contributed by atoms with van der Waals surface area (Å²) in [7, 11) is 1.42. The van der Waals surface area contributed by atoms with Crippen molar-refractivity contribution in [2.24, 2.45) is 0 Å². The van der Waals surface area contributed by atoms with Crippen molar-refractivity contribution in [2.45, 2.75) is 20.4 Å². The summed E-state index contributed by atoms with van der Waals surface area (Å²) >= 11 is 0. The van der Waals surface area contributed by atoms with Crippen molar-refractivity contribution in [3.05, 3.63) is 53.1 Å². The van der Waals surface area contributed by atoms with E-state index in [1.165, 1.54) is 12.7 Å². The van der Waals surface area contributed by atoms with Gasteiger partial charge in [-0.05, 0) is 48.2 Å². The SMILES string of the molecule is CCNc1cc(-c2ccc(CN3CCOCC3)cc2)cc(C(=O)OC)c1C. The van der Waals surface area contributed by atoms with Gasteiger partial charge in [-0.15, -0.1) is 0 Å². The summed E-state index contributed by atoms with van der Waals surface area (Å²) in [5.41, 5.74) is 5.86. The quantitative estimate of drug-likeness (QED) is 0.788. The minimum absolute atomic E-state index is 0.308. The van der Waals surface area contributed by atoms with Crippen LogP contribution >= 0.6 is 0 Å². The third-order valence-electron chi connectivity index (χ3n) is 4.98. The van der Waals surface area contributed by atoms with Crippen LogP contribution in [0.2, 0.25) is 0 Å². The van der Waals surface area contributed by atoms with Gasteiger partial charge in [0, 0.05) is 31.9 Å². The Kier molecular flexibility index (Phi) is 6.48. The number of hydrogen-bond donors (Lipinski definition) is 1. The van der Waals surface area contributed by atoms with Gasteiger partial charge in [-0.25, -0.2) is 4.79 Å². The van der Waals surface area contributed by atoms with Gasteiger partial charge < -0.3 is 14.8 Å². The van der Waals surface area contributed by atoms with Crippen LogP contribution in [0.4, 0.5) is 5.69 Å². The fourth-order valence-corrected chi connectivity index (χ4v) is 3.40. The number of carbonyl (C=O) groups excluding carboxylic acids is 1. The standard InChI is InChI=1S/C22H28N2O3/c1-4-23-21-14-19(13-20(16(21)2)22(25)26-3)18-7-5-17(6-8-18)15-24-9-11-27-12-10-24/h5-8,13-14,23H,4,9-12,15H2,1-3H3. The van der Waals surface area contributed by atoms with Gasteiger partial charge >= 0.3 is 5.97 Å². The molecule has 0 amide bonds. The monoisotopic (exact) mass is 368 g/mol. The first-order valence-electron chi connectivity index (χ1n) is 9.48. The van der Waals surface area contributed by atoms with Crippen LogP contribution in [0.3, 0.4) is 0 Å². The van der Waals surface area contributed by atoms with Crippen molar-refractivity contribution in [2.75, 3.05) is 45.3 Å². The maximum absolute atomic E-state index is 12.2. The highest BCUT2D eigenvalue weighted by molar-refractivity contribution is 5.95. The molecule has 0 aromatic heterocycles. The Hall–Kier alpha value is -2.37. The van der Waals surface area contributed by atoms with Crippen molar-refractivity contribution in [1.82, 2.24) is 4.90 Å². The molecule has 1 saturated heterocycles. The molecule has 1 aliphatic rings. The van der Waals surface area contributed by atoms with Gasteiger partial charge in [0.05, 0.1) is 25.9 Å². The Labute approximate surface area is 161 Å². The summed E-state index contributed by atoms with van der Waals surface area (Å²) in [5, 5.41) is 3.34. The maximum atomic E-state index is 12.2. The topological polar surface area (TPSA) is 50.8 Å². The number of rotatable bonds is 6. The van der Waals surface area contributed by atoms with Gasteiger partial charge in [-0.1, -0.05) is 24.3 Å². The van der Waals surface area contributed by atoms with Crippen molar-refractivity contribution in [3.8, 4) is 11.1 Å². The van der Waals surface area contributed by atoms with Crippen LogP contribution in [-0.4, -0.2) is 50.8 Å². The molecule has 1 N–H and O–H groups in total. The fraction of sp³-hybridized carbons (Fsp3) is 0.409. The molecular weight excluding hydrogens is 340 g/mol. The molecule has 0 aliphatic carbocycles. The Morgan fingerprint density at radius 3 is 2.48 bits per heavy atom. The first-order valence-corrected chi connectivity index (χ1v) is 9.48. The second kappa shape index (κ2) is 9.02. The predicted octanol–water partition coefficient (Wildman–Crippen LogP) is 3.71. The summed E-state index contributed by atoms with van der Waals surface area (Å²) in [4.78, 5) is 14.6. The van der Waals surface area contributed by atoms with Crippen molar-refractivity contribution in [1.29, 1.82) is 0 Å². The lowest BCUT2D eigenvalue weighted by molar-refractivity contribution is 0.0342. The average Bonchev–Trinajstić information content (AvgIpc) is 2.70.